The van der Waals surface area contributed by atoms with Crippen LogP contribution in [0.1, 0.15) is 22.3 Å². The molecule has 0 N–H and O–H groups in total. The number of hydrogen-bond donors (Lipinski definition) is 0. The molecule has 1 aromatic heterocycles. The molecular formula is C42H42N4O3. The van der Waals surface area contributed by atoms with Crippen molar-refractivity contribution in [2.45, 2.75) is 25.6 Å². The Morgan fingerprint density at radius 2 is 1.41 bits per heavy atom. The van der Waals surface area contributed by atoms with Crippen LogP contribution in [0.4, 0.5) is 0 Å². The Morgan fingerprint density at radius 1 is 0.755 bits per heavy atom. The lowest BCUT2D eigenvalue weighted by Gasteiger charge is -2.39. The lowest BCUT2D eigenvalue weighted by atomic mass is 10.0. The number of aromatic nitrogens is 1. The average molecular weight is 651 g/mol. The first-order valence-corrected chi connectivity index (χ1v) is 16.8. The van der Waals surface area contributed by atoms with Gasteiger partial charge in [-0.05, 0) is 52.6 Å². The molecule has 6 rings (SSSR count). The highest BCUT2D eigenvalue weighted by Gasteiger charge is 2.34. The zero-order valence-corrected chi connectivity index (χ0v) is 27.9. The van der Waals surface area contributed by atoms with E-state index in [-0.39, 0.29) is 18.4 Å². The van der Waals surface area contributed by atoms with Crippen LogP contribution in [0.2, 0.25) is 0 Å². The number of piperazine rings is 1. The van der Waals surface area contributed by atoms with Gasteiger partial charge in [0.2, 0.25) is 11.8 Å². The Kier molecular flexibility index (Phi) is 11.3. The average Bonchev–Trinajstić information content (AvgIpc) is 3.17. The van der Waals surface area contributed by atoms with E-state index in [2.05, 4.69) is 34.1 Å². The summed E-state index contributed by atoms with van der Waals surface area (Å²) >= 11 is 0. The molecule has 49 heavy (non-hydrogen) atoms. The van der Waals surface area contributed by atoms with Crippen LogP contribution in [-0.2, 0) is 29.1 Å². The summed E-state index contributed by atoms with van der Waals surface area (Å²) in [5, 5.41) is 0. The zero-order chi connectivity index (χ0) is 33.8. The van der Waals surface area contributed by atoms with E-state index in [0.29, 0.717) is 19.5 Å². The number of hydrogen-bond acceptors (Lipinski definition) is 5. The Morgan fingerprint density at radius 3 is 2.04 bits per heavy atom. The van der Waals surface area contributed by atoms with Gasteiger partial charge in [0, 0.05) is 63.5 Å². The van der Waals surface area contributed by atoms with Gasteiger partial charge in [-0.25, -0.2) is 0 Å². The molecule has 1 aliphatic rings. The third kappa shape index (κ3) is 9.09. The number of nitrogens with zero attached hydrogens (tertiary/aromatic N) is 4. The largest absolute Gasteiger partial charge is 0.497 e. The van der Waals surface area contributed by atoms with Crippen molar-refractivity contribution in [2.75, 3.05) is 33.3 Å². The first-order chi connectivity index (χ1) is 24.1. The number of amides is 2. The van der Waals surface area contributed by atoms with Gasteiger partial charge in [-0.15, -0.1) is 0 Å². The monoisotopic (exact) mass is 650 g/mol. The van der Waals surface area contributed by atoms with Crippen LogP contribution in [0.15, 0.2) is 140 Å². The summed E-state index contributed by atoms with van der Waals surface area (Å²) in [6.07, 6.45) is 5.57. The molecule has 4 aromatic carbocycles. The van der Waals surface area contributed by atoms with E-state index < -0.39 is 6.04 Å². The molecule has 1 saturated heterocycles. The minimum absolute atomic E-state index is 0.0282. The maximum absolute atomic E-state index is 14.6. The molecule has 5 aromatic rings. The molecule has 0 spiro atoms. The highest BCUT2D eigenvalue weighted by atomic mass is 16.5. The van der Waals surface area contributed by atoms with Crippen molar-refractivity contribution in [1.82, 2.24) is 19.7 Å². The van der Waals surface area contributed by atoms with E-state index in [0.717, 1.165) is 53.3 Å². The molecular weight excluding hydrogens is 608 g/mol. The number of methoxy groups -OCH3 is 1. The predicted molar refractivity (Wildman–Crippen MR) is 194 cm³/mol. The van der Waals surface area contributed by atoms with E-state index in [1.165, 1.54) is 5.56 Å². The summed E-state index contributed by atoms with van der Waals surface area (Å²) in [4.78, 5) is 39.3. The van der Waals surface area contributed by atoms with Crippen LogP contribution < -0.4 is 4.74 Å². The molecule has 1 atom stereocenters. The zero-order valence-electron chi connectivity index (χ0n) is 27.9. The second kappa shape index (κ2) is 16.5. The third-order valence-corrected chi connectivity index (χ3v) is 8.95. The van der Waals surface area contributed by atoms with Gasteiger partial charge in [0.15, 0.2) is 0 Å². The highest BCUT2D eigenvalue weighted by Crippen LogP contribution is 2.22. The van der Waals surface area contributed by atoms with Crippen molar-refractivity contribution in [3.63, 3.8) is 0 Å². The third-order valence-electron chi connectivity index (χ3n) is 8.95. The maximum Gasteiger partial charge on any atom is 0.247 e. The van der Waals surface area contributed by atoms with Crippen LogP contribution in [0.5, 0.6) is 5.75 Å². The Bertz CT molecular complexity index is 1800. The van der Waals surface area contributed by atoms with Crippen LogP contribution in [0.25, 0.3) is 17.3 Å². The number of carbonyl (C=O) groups excluding carboxylic acids is 2. The first-order valence-electron chi connectivity index (χ1n) is 16.8. The van der Waals surface area contributed by atoms with Gasteiger partial charge in [-0.3, -0.25) is 19.5 Å². The molecule has 2 heterocycles. The van der Waals surface area contributed by atoms with Gasteiger partial charge >= 0.3 is 0 Å². The molecule has 7 heteroatoms. The minimum atomic E-state index is -0.688. The number of benzene rings is 4. The standard InChI is InChI=1S/C42H42N4O3/c1-49-38-22-17-33(18-23-38)19-24-41(47)46(32-36-15-20-37(21-16-36)39-14-8-9-25-43-39)40(30-34-10-4-2-5-11-34)42(48)45-28-26-44(27-29-45)31-35-12-6-3-7-13-35/h2-25,40H,26-32H2,1H3/b24-19+/t40-/m0/s1. The molecule has 1 fully saturated rings. The molecule has 2 amide bonds. The van der Waals surface area contributed by atoms with Crippen LogP contribution in [-0.4, -0.2) is 70.8 Å². The normalized spacial score (nSPS) is 14.0. The van der Waals surface area contributed by atoms with E-state index >= 15 is 0 Å². The number of ether oxygens (including phenoxy) is 1. The fraction of sp³-hybridized carbons (Fsp3) is 0.214. The molecule has 1 aliphatic heterocycles. The van der Waals surface area contributed by atoms with Crippen LogP contribution >= 0.6 is 0 Å². The lowest BCUT2D eigenvalue weighted by Crippen LogP contribution is -2.56. The van der Waals surface area contributed by atoms with Crippen molar-refractivity contribution >= 4 is 17.9 Å². The SMILES string of the molecule is COc1ccc(/C=C/C(=O)N(Cc2ccc(-c3ccccn3)cc2)[C@@H](Cc2ccccc2)C(=O)N2CCN(Cc3ccccc3)CC2)cc1. The Labute approximate surface area is 289 Å². The number of carbonyl (C=O) groups is 2. The summed E-state index contributed by atoms with van der Waals surface area (Å²) in [7, 11) is 1.63. The second-order valence-corrected chi connectivity index (χ2v) is 12.3. The molecule has 0 unspecified atom stereocenters. The van der Waals surface area contributed by atoms with Crippen LogP contribution in [0.3, 0.4) is 0 Å². The smallest absolute Gasteiger partial charge is 0.247 e. The van der Waals surface area contributed by atoms with E-state index in [1.54, 1.807) is 30.4 Å². The van der Waals surface area contributed by atoms with Crippen LogP contribution in [0, 0.1) is 0 Å². The molecule has 0 saturated carbocycles. The van der Waals surface area contributed by atoms with Crippen molar-refractivity contribution < 1.29 is 14.3 Å². The molecule has 0 aliphatic carbocycles. The predicted octanol–water partition coefficient (Wildman–Crippen LogP) is 6.75. The highest BCUT2D eigenvalue weighted by molar-refractivity contribution is 5.95. The molecule has 248 valence electrons. The van der Waals surface area contributed by atoms with Crippen molar-refractivity contribution in [1.29, 1.82) is 0 Å². The Hall–Kier alpha value is -5.53. The van der Waals surface area contributed by atoms with Gasteiger partial charge < -0.3 is 14.5 Å². The van der Waals surface area contributed by atoms with Gasteiger partial charge in [0.05, 0.1) is 12.8 Å². The molecule has 7 nitrogen and oxygen atoms in total. The van der Waals surface area contributed by atoms with Crippen molar-refractivity contribution in [3.8, 4) is 17.0 Å². The summed E-state index contributed by atoms with van der Waals surface area (Å²) in [6, 6.07) is 41.2. The topological polar surface area (TPSA) is 66.0 Å². The van der Waals surface area contributed by atoms with E-state index in [9.17, 15) is 9.59 Å². The van der Waals surface area contributed by atoms with E-state index in [4.69, 9.17) is 4.74 Å². The molecule has 0 bridgehead atoms. The van der Waals surface area contributed by atoms with Gasteiger partial charge in [-0.2, -0.15) is 0 Å². The second-order valence-electron chi connectivity index (χ2n) is 12.3. The Balaban J connectivity index is 1.27. The quantitative estimate of drug-likeness (QED) is 0.140. The fourth-order valence-electron chi connectivity index (χ4n) is 6.18. The summed E-state index contributed by atoms with van der Waals surface area (Å²) in [6.45, 7) is 3.91. The molecule has 0 radical (unpaired) electrons. The summed E-state index contributed by atoms with van der Waals surface area (Å²) < 4.78 is 5.30. The maximum atomic E-state index is 14.6. The fourth-order valence-corrected chi connectivity index (χ4v) is 6.18. The van der Waals surface area contributed by atoms with Crippen molar-refractivity contribution in [3.05, 3.63) is 162 Å². The lowest BCUT2D eigenvalue weighted by molar-refractivity contribution is -0.145. The number of rotatable bonds is 12. The summed E-state index contributed by atoms with van der Waals surface area (Å²) in [5.41, 5.74) is 5.95. The first kappa shape index (κ1) is 33.4. The van der Waals surface area contributed by atoms with E-state index in [1.807, 2.05) is 108 Å². The minimum Gasteiger partial charge on any atom is -0.497 e. The van der Waals surface area contributed by atoms with Gasteiger partial charge in [0.25, 0.3) is 0 Å². The number of pyridine rings is 1. The van der Waals surface area contributed by atoms with Gasteiger partial charge in [-0.1, -0.05) is 103 Å². The van der Waals surface area contributed by atoms with Gasteiger partial charge in [0.1, 0.15) is 11.8 Å². The van der Waals surface area contributed by atoms with Crippen molar-refractivity contribution in [2.24, 2.45) is 0 Å². The summed E-state index contributed by atoms with van der Waals surface area (Å²) in [5.74, 6) is 0.498.